The molecule has 0 aromatic heterocycles. The summed E-state index contributed by atoms with van der Waals surface area (Å²) in [6.45, 7) is 0.850. The van der Waals surface area contributed by atoms with Crippen LogP contribution in [0.1, 0.15) is 140 Å². The fraction of sp³-hybridized carbons (Fsp3) is 0.409. The van der Waals surface area contributed by atoms with Gasteiger partial charge in [0.1, 0.15) is 150 Å². The Balaban J connectivity index is 1.04. The van der Waals surface area contributed by atoms with Gasteiger partial charge in [-0.25, -0.2) is 9.59 Å². The van der Waals surface area contributed by atoms with Gasteiger partial charge in [0.2, 0.25) is 65.6 Å². The van der Waals surface area contributed by atoms with Crippen LogP contribution < -0.4 is 72.0 Å². The molecule has 25 N–H and O–H groups in total. The van der Waals surface area contributed by atoms with Crippen LogP contribution in [0.15, 0.2) is 115 Å². The number of ether oxygens (including phenoxy) is 9. The third kappa shape index (κ3) is 21.0. The molecule has 23 atom stereocenters. The van der Waals surface area contributed by atoms with Crippen LogP contribution in [0.2, 0.25) is 10.0 Å². The molecule has 0 radical (unpaired) electrons. The van der Waals surface area contributed by atoms with Crippen LogP contribution in [0, 0.1) is 0 Å². The maximum atomic E-state index is 17.0. The Labute approximate surface area is 763 Å². The van der Waals surface area contributed by atoms with Crippen molar-refractivity contribution < 1.29 is 167 Å². The molecule has 17 bridgehead atoms. The predicted octanol–water partition coefficient (Wildman–Crippen LogP) is 1.26. The number of hydrogen-bond acceptors (Lipinski definition) is 33. The number of carbonyl (C=O) groups excluding carboxylic acids is 8. The Morgan fingerprint density at radius 2 is 1.06 bits per heavy atom. The second-order valence-corrected chi connectivity index (χ2v) is 33.6. The molecule has 710 valence electrons. The van der Waals surface area contributed by atoms with Crippen molar-refractivity contribution in [2.75, 3.05) is 13.2 Å². The summed E-state index contributed by atoms with van der Waals surface area (Å²) in [5.74, 6) is -22.2. The number of carboxylic acid groups (broad SMARTS) is 2. The largest absolute Gasteiger partial charge is 0.508 e. The zero-order valence-electron chi connectivity index (χ0n) is 70.3. The third-order valence-corrected chi connectivity index (χ3v) is 24.0. The van der Waals surface area contributed by atoms with Gasteiger partial charge in [-0.15, -0.1) is 0 Å². The number of hydrogen-bond donors (Lipinski definition) is 24. The number of aliphatic hydroxyl groups is 9. The second-order valence-electron chi connectivity index (χ2n) is 32.7. The lowest BCUT2D eigenvalue weighted by atomic mass is 9.89. The van der Waals surface area contributed by atoms with Crippen LogP contribution in [-0.4, -0.2) is 253 Å². The van der Waals surface area contributed by atoms with E-state index in [1.54, 1.807) is 0 Å². The lowest BCUT2D eigenvalue weighted by Gasteiger charge is -2.44. The Kier molecular flexibility index (Phi) is 29.7. The molecule has 9 aliphatic heterocycles. The number of fused-ring (bicyclic) bond motifs is 14. The third-order valence-electron chi connectivity index (χ3n) is 23.4. The van der Waals surface area contributed by atoms with E-state index in [2.05, 4.69) is 42.5 Å². The number of nitrogens with two attached hydrogens (primary N) is 1. The molecule has 133 heavy (non-hydrogen) atoms. The van der Waals surface area contributed by atoms with Crippen molar-refractivity contribution in [3.8, 4) is 80.1 Å². The normalized spacial score (nSPS) is 28.7. The minimum Gasteiger partial charge on any atom is -0.508 e. The number of nitrogens with one attached hydrogen (secondary N) is 8. The smallest absolute Gasteiger partial charge is 0.335 e. The molecule has 0 saturated carbocycles. The summed E-state index contributed by atoms with van der Waals surface area (Å²) >= 11 is 14.7. The first-order valence-corrected chi connectivity index (χ1v) is 42.8. The number of rotatable bonds is 20. The number of halogens is 2. The van der Waals surface area contributed by atoms with Crippen LogP contribution in [0.25, 0.3) is 11.1 Å². The van der Waals surface area contributed by atoms with Crippen molar-refractivity contribution in [1.82, 2.24) is 42.5 Å². The zero-order chi connectivity index (χ0) is 95.6. The Bertz CT molecular complexity index is 5640. The summed E-state index contributed by atoms with van der Waals surface area (Å²) in [5.41, 5.74) is 2.55. The van der Waals surface area contributed by atoms with Gasteiger partial charge in [-0.05, 0) is 119 Å². The van der Waals surface area contributed by atoms with Gasteiger partial charge in [0.05, 0.1) is 23.3 Å². The molecule has 16 rings (SSSR count). The highest BCUT2D eigenvalue weighted by Gasteiger charge is 2.53. The summed E-state index contributed by atoms with van der Waals surface area (Å²) in [5, 5.41) is 190. The highest BCUT2D eigenvalue weighted by Crippen LogP contribution is 2.51. The van der Waals surface area contributed by atoms with Crippen molar-refractivity contribution in [2.45, 2.75) is 212 Å². The maximum absolute atomic E-state index is 17.0. The Morgan fingerprint density at radius 1 is 0.489 bits per heavy atom. The molecule has 0 aliphatic carbocycles. The molecule has 9 heterocycles. The number of carbonyl (C=O) groups is 10. The minimum atomic E-state index is -2.62. The molecule has 3 fully saturated rings. The van der Waals surface area contributed by atoms with E-state index in [1.807, 2.05) is 6.92 Å². The van der Waals surface area contributed by atoms with Crippen molar-refractivity contribution in [3.05, 3.63) is 164 Å². The van der Waals surface area contributed by atoms with Gasteiger partial charge in [0, 0.05) is 48.6 Å². The van der Waals surface area contributed by atoms with E-state index in [-0.39, 0.29) is 34.1 Å². The number of amides is 8. The number of phenolic OH excluding ortho intramolecular Hbond substituents is 4. The SMILES string of the molecule is CCCCCCCCCC(=O)N[C@H]1[C@H](Oc2c3cc4cc2Oc2ccc(cc2Cl)[C@@H](O[C@@H]2O[C@H](CO)[C@@H](O)[C@H](O)[C@H]2NC(C)=O)[C@@H]2NC(=O)[C@H](NC(=O)[C@@H]4NC(=O)[C@H]4NC(=O)[C@@H](Cc5ccc(c(Cl)c5)O3)NC(=O)[C@H](N)c3ccc(O)c(c3)Oc3cc(O)cc4c3)c3ccc(O)c(c3)-c3c(O[C@H]4O[C@H](CO)[C@@H](O)[C@H](O)[C@@H]4O)cc(O)cc3[C@@H](C(=O)O)NC2=O)O[C@H](C(=O)O)[C@@H](O)[C@@H]1O. The molecular weight excluding hydrogens is 1800 g/mol. The first-order valence-electron chi connectivity index (χ1n) is 42.1. The summed E-state index contributed by atoms with van der Waals surface area (Å²) < 4.78 is 57.0. The van der Waals surface area contributed by atoms with Crippen LogP contribution in [-0.2, 0) is 73.3 Å². The average Bonchev–Trinajstić information content (AvgIpc) is 0.758. The highest BCUT2D eigenvalue weighted by molar-refractivity contribution is 6.32. The molecule has 3 saturated heterocycles. The monoisotopic (exact) mass is 1890 g/mol. The molecule has 8 amide bonds. The average molecular weight is 1890 g/mol. The van der Waals surface area contributed by atoms with Gasteiger partial charge in [0.15, 0.2) is 41.4 Å². The van der Waals surface area contributed by atoms with Gasteiger partial charge in [-0.2, -0.15) is 0 Å². The summed E-state index contributed by atoms with van der Waals surface area (Å²) in [6, 6.07) is -0.238. The standard InChI is InChI=1S/C88H95Cl2N9O34/c1-3-4-5-6-7-8-9-10-58(107)94-66-71(111)73(113)77(85(123)124)133-87(66)132-76-54-26-39-27-55(76)127-51-18-14-37(24-46(51)90)75(131-86-65(92-33(2)102)70(110)68(108)56(31-100)129-86)67-83(120)98-64(84(121)122)44-29-41(104)30-53(128-88-74(114)72(112)69(109)57(32-101)130-88)59(44)43-23-36(13-15-48(43)105)61(80(117)99-67)96-82(119)63(39)97-81(118)62-38-21-40(103)28-42(22-38)125-52-25-35(12-16-49(52)106)60(91)79(116)93-47(78(115)95-62)20-34-11-17-50(126-54)45(89)19-34/h11-19,21-30,47,56-57,60-75,77,86-88,100-101,103-106,108-114H,3-10,20,31-32,91H2,1-2H3,(H,92,102)(H,93,116)(H,94,107)(H,95,115)(H,96,119)(H,97,118)(H,98,120)(H,99,117)(H,121,122)(H,123,124)/t47-,56-,57-,60-,61-,62+,63-,64+,65-,66-,67+,68-,69-,70-,71-,72+,73+,74+,75-,77+,86+,87-,88+/m1/s1. The van der Waals surface area contributed by atoms with E-state index in [1.165, 1.54) is 30.3 Å². The molecule has 0 spiro atoms. The molecule has 0 unspecified atom stereocenters. The quantitative estimate of drug-likeness (QED) is 0.0478. The zero-order valence-corrected chi connectivity index (χ0v) is 71.8. The van der Waals surface area contributed by atoms with Crippen molar-refractivity contribution in [1.29, 1.82) is 0 Å². The Morgan fingerprint density at radius 3 is 1.71 bits per heavy atom. The van der Waals surface area contributed by atoms with E-state index in [0.717, 1.165) is 124 Å². The molecular formula is C88H95Cl2N9O34. The number of aliphatic carboxylic acids is 2. The van der Waals surface area contributed by atoms with E-state index < -0.39 is 321 Å². The van der Waals surface area contributed by atoms with Gasteiger partial charge in [-0.3, -0.25) is 38.4 Å². The van der Waals surface area contributed by atoms with Crippen LogP contribution in [0.5, 0.6) is 69.0 Å². The van der Waals surface area contributed by atoms with Crippen molar-refractivity contribution >= 4 is 82.4 Å². The van der Waals surface area contributed by atoms with Crippen LogP contribution in [0.4, 0.5) is 0 Å². The van der Waals surface area contributed by atoms with Gasteiger partial charge < -0.3 is 167 Å². The van der Waals surface area contributed by atoms with E-state index in [9.17, 15) is 101 Å². The number of carboxylic acids is 2. The number of aromatic hydroxyl groups is 4. The van der Waals surface area contributed by atoms with Crippen molar-refractivity contribution in [2.24, 2.45) is 5.73 Å². The molecule has 9 aliphatic rings. The van der Waals surface area contributed by atoms with Crippen LogP contribution in [0.3, 0.4) is 0 Å². The number of phenols is 4. The van der Waals surface area contributed by atoms with E-state index in [4.69, 9.17) is 71.6 Å². The lowest BCUT2D eigenvalue weighted by Crippen LogP contribution is -2.66. The van der Waals surface area contributed by atoms with E-state index >= 15 is 24.0 Å². The fourth-order valence-electron chi connectivity index (χ4n) is 16.5. The molecule has 45 heteroatoms. The van der Waals surface area contributed by atoms with Gasteiger partial charge in [0.25, 0.3) is 0 Å². The minimum absolute atomic E-state index is 0.0120. The van der Waals surface area contributed by atoms with Crippen molar-refractivity contribution in [3.63, 3.8) is 0 Å². The second kappa shape index (κ2) is 40.9. The number of benzene rings is 7. The topological polar surface area (TPSA) is 679 Å². The summed E-state index contributed by atoms with van der Waals surface area (Å²) in [7, 11) is 0. The van der Waals surface area contributed by atoms with Gasteiger partial charge >= 0.3 is 11.9 Å². The summed E-state index contributed by atoms with van der Waals surface area (Å²) in [6.07, 6.45) is -25.8. The number of aliphatic hydroxyl groups excluding tert-OH is 9. The molecule has 7 aromatic carbocycles. The highest BCUT2D eigenvalue weighted by atomic mass is 35.5. The van der Waals surface area contributed by atoms with Crippen LogP contribution >= 0.6 is 23.2 Å². The first kappa shape index (κ1) is 96.5. The summed E-state index contributed by atoms with van der Waals surface area (Å²) in [4.78, 5) is 152. The predicted molar refractivity (Wildman–Crippen MR) is 454 cm³/mol. The Hall–Kier alpha value is -12.5. The molecule has 7 aromatic rings. The van der Waals surface area contributed by atoms with Gasteiger partial charge in [-0.1, -0.05) is 92.9 Å². The first-order chi connectivity index (χ1) is 63.4. The lowest BCUT2D eigenvalue weighted by molar-refractivity contribution is -0.284. The fourth-order valence-corrected chi connectivity index (χ4v) is 17.0. The molecule has 43 nitrogen and oxygen atoms in total. The maximum Gasteiger partial charge on any atom is 0.335 e. The number of unbranched alkanes of at least 4 members (excludes halogenated alkanes) is 6. The van der Waals surface area contributed by atoms with E-state index in [0.29, 0.717) is 12.8 Å².